The maximum atomic E-state index is 12.4. The lowest BCUT2D eigenvalue weighted by Crippen LogP contribution is -2.45. The minimum Gasteiger partial charge on any atom is -0.463 e. The van der Waals surface area contributed by atoms with E-state index in [1.54, 1.807) is 30.5 Å². The molecule has 0 saturated carbocycles. The van der Waals surface area contributed by atoms with Crippen molar-refractivity contribution in [3.05, 3.63) is 33.7 Å². The van der Waals surface area contributed by atoms with Gasteiger partial charge in [0.1, 0.15) is 6.04 Å². The third kappa shape index (κ3) is 2.59. The van der Waals surface area contributed by atoms with Crippen molar-refractivity contribution in [2.24, 2.45) is 4.99 Å². The second-order valence-electron chi connectivity index (χ2n) is 4.89. The van der Waals surface area contributed by atoms with E-state index in [1.807, 2.05) is 17.5 Å². The zero-order valence-electron chi connectivity index (χ0n) is 12.4. The van der Waals surface area contributed by atoms with E-state index in [4.69, 9.17) is 4.74 Å². The first-order chi connectivity index (χ1) is 10.6. The molecule has 1 fully saturated rings. The number of allylic oxidation sites excluding steroid dienone is 1. The maximum Gasteiger partial charge on any atom is 0.338 e. The molecule has 1 saturated heterocycles. The number of fused-ring (bicyclic) bond motifs is 1. The molecule has 22 heavy (non-hydrogen) atoms. The van der Waals surface area contributed by atoms with Gasteiger partial charge in [0.15, 0.2) is 5.17 Å². The monoisotopic (exact) mass is 336 g/mol. The van der Waals surface area contributed by atoms with Crippen LogP contribution in [0.25, 0.3) is 0 Å². The molecular formula is C15H16N2O3S2. The van der Waals surface area contributed by atoms with Crippen LogP contribution in [0.1, 0.15) is 31.2 Å². The normalized spacial score (nSPS) is 21.5. The van der Waals surface area contributed by atoms with E-state index in [2.05, 4.69) is 4.99 Å². The molecule has 0 aromatic carbocycles. The van der Waals surface area contributed by atoms with Crippen LogP contribution in [-0.2, 0) is 14.3 Å². The first-order valence-corrected chi connectivity index (χ1v) is 8.94. The van der Waals surface area contributed by atoms with Crippen LogP contribution >= 0.6 is 23.1 Å². The highest BCUT2D eigenvalue weighted by Gasteiger charge is 2.41. The number of hydrogen-bond acceptors (Lipinski definition) is 6. The van der Waals surface area contributed by atoms with Crippen molar-refractivity contribution in [2.75, 3.05) is 12.4 Å². The third-order valence-corrected chi connectivity index (χ3v) is 5.39. The molecule has 7 heteroatoms. The number of hydrogen-bond donors (Lipinski definition) is 0. The predicted molar refractivity (Wildman–Crippen MR) is 87.7 cm³/mol. The second-order valence-corrected chi connectivity index (χ2v) is 6.94. The molecule has 0 bridgehead atoms. The minimum atomic E-state index is -0.424. The number of amides is 1. The number of esters is 1. The van der Waals surface area contributed by atoms with Crippen LogP contribution in [0, 0.1) is 0 Å². The van der Waals surface area contributed by atoms with Gasteiger partial charge in [0.05, 0.1) is 17.9 Å². The number of thioether (sulfide) groups is 1. The summed E-state index contributed by atoms with van der Waals surface area (Å²) in [6.07, 6.45) is 0.459. The Morgan fingerprint density at radius 1 is 1.55 bits per heavy atom. The molecule has 1 aromatic heterocycles. The molecule has 5 nitrogen and oxygen atoms in total. The van der Waals surface area contributed by atoms with E-state index < -0.39 is 12.0 Å². The van der Waals surface area contributed by atoms with E-state index in [-0.39, 0.29) is 5.91 Å². The number of thiophene rings is 1. The molecule has 0 spiro atoms. The van der Waals surface area contributed by atoms with Crippen molar-refractivity contribution in [2.45, 2.75) is 26.3 Å². The molecule has 0 radical (unpaired) electrons. The Morgan fingerprint density at radius 2 is 2.36 bits per heavy atom. The van der Waals surface area contributed by atoms with Gasteiger partial charge >= 0.3 is 5.97 Å². The Bertz CT molecular complexity index is 664. The topological polar surface area (TPSA) is 59.0 Å². The SMILES string of the molecule is CCOC(=O)C1=C(C)N=C2SCCC(=O)N2[C@@H]1c1cccs1. The Kier molecular flexibility index (Phi) is 4.35. The molecule has 2 aliphatic rings. The Morgan fingerprint density at radius 3 is 3.05 bits per heavy atom. The molecule has 3 rings (SSSR count). The summed E-state index contributed by atoms with van der Waals surface area (Å²) < 4.78 is 5.19. The van der Waals surface area contributed by atoms with Gasteiger partial charge in [0.2, 0.25) is 5.91 Å². The van der Waals surface area contributed by atoms with Crippen molar-refractivity contribution in [3.8, 4) is 0 Å². The van der Waals surface area contributed by atoms with Crippen molar-refractivity contribution < 1.29 is 14.3 Å². The maximum absolute atomic E-state index is 12.4. The van der Waals surface area contributed by atoms with Crippen LogP contribution in [-0.4, -0.2) is 34.3 Å². The summed E-state index contributed by atoms with van der Waals surface area (Å²) in [7, 11) is 0. The quantitative estimate of drug-likeness (QED) is 0.796. The first kappa shape index (κ1) is 15.3. The highest BCUT2D eigenvalue weighted by atomic mass is 32.2. The number of nitrogens with zero attached hydrogens (tertiary/aromatic N) is 2. The van der Waals surface area contributed by atoms with E-state index in [0.717, 1.165) is 10.6 Å². The molecule has 2 aliphatic heterocycles. The molecule has 3 heterocycles. The van der Waals surface area contributed by atoms with Gasteiger partial charge < -0.3 is 4.74 Å². The van der Waals surface area contributed by atoms with Gasteiger partial charge in [-0.15, -0.1) is 11.3 Å². The number of carbonyl (C=O) groups is 2. The summed E-state index contributed by atoms with van der Waals surface area (Å²) in [6, 6.07) is 3.44. The lowest BCUT2D eigenvalue weighted by atomic mass is 10.00. The summed E-state index contributed by atoms with van der Waals surface area (Å²) >= 11 is 3.08. The smallest absolute Gasteiger partial charge is 0.338 e. The summed E-state index contributed by atoms with van der Waals surface area (Å²) in [5, 5.41) is 2.63. The average Bonchev–Trinajstić information content (AvgIpc) is 3.00. The number of rotatable bonds is 3. The van der Waals surface area contributed by atoms with Crippen LogP contribution in [0.2, 0.25) is 0 Å². The van der Waals surface area contributed by atoms with E-state index in [9.17, 15) is 9.59 Å². The van der Waals surface area contributed by atoms with Gasteiger partial charge in [0.25, 0.3) is 0 Å². The van der Waals surface area contributed by atoms with Crippen LogP contribution in [0.15, 0.2) is 33.8 Å². The van der Waals surface area contributed by atoms with E-state index in [0.29, 0.717) is 29.5 Å². The number of aliphatic imine (C=N–C) groups is 1. The van der Waals surface area contributed by atoms with Crippen molar-refractivity contribution in [3.63, 3.8) is 0 Å². The molecule has 1 amide bonds. The molecule has 0 aliphatic carbocycles. The molecule has 116 valence electrons. The Hall–Kier alpha value is -1.60. The fourth-order valence-corrected chi connectivity index (χ4v) is 4.41. The van der Waals surface area contributed by atoms with Gasteiger partial charge in [0, 0.05) is 17.1 Å². The Labute approximate surface area is 137 Å². The zero-order chi connectivity index (χ0) is 15.7. The summed E-state index contributed by atoms with van der Waals surface area (Å²) in [4.78, 5) is 31.9. The fraction of sp³-hybridized carbons (Fsp3) is 0.400. The number of carbonyl (C=O) groups excluding carboxylic acids is 2. The van der Waals surface area contributed by atoms with Crippen LogP contribution in [0.5, 0.6) is 0 Å². The van der Waals surface area contributed by atoms with Gasteiger partial charge in [-0.3, -0.25) is 9.69 Å². The largest absolute Gasteiger partial charge is 0.463 e. The molecule has 0 unspecified atom stereocenters. The minimum absolute atomic E-state index is 0.00481. The number of ether oxygens (including phenoxy) is 1. The zero-order valence-corrected chi connectivity index (χ0v) is 14.0. The average molecular weight is 336 g/mol. The van der Waals surface area contributed by atoms with Crippen LogP contribution < -0.4 is 0 Å². The number of amidine groups is 1. The fourth-order valence-electron chi connectivity index (χ4n) is 2.58. The summed E-state index contributed by atoms with van der Waals surface area (Å²) in [5.74, 6) is 0.336. The van der Waals surface area contributed by atoms with Gasteiger partial charge in [-0.05, 0) is 25.3 Å². The highest BCUT2D eigenvalue weighted by Crippen LogP contribution is 2.41. The van der Waals surface area contributed by atoms with Gasteiger partial charge in [-0.25, -0.2) is 9.79 Å². The van der Waals surface area contributed by atoms with Gasteiger partial charge in [-0.1, -0.05) is 17.8 Å². The van der Waals surface area contributed by atoms with E-state index in [1.165, 1.54) is 11.3 Å². The standard InChI is InChI=1S/C15H16N2O3S2/c1-3-20-14(19)12-9(2)16-15-17(11(18)6-8-22-15)13(12)10-5-4-7-21-10/h4-5,7,13H,3,6,8H2,1-2H3/t13-/m1/s1. The van der Waals surface area contributed by atoms with Crippen molar-refractivity contribution in [1.29, 1.82) is 0 Å². The lowest BCUT2D eigenvalue weighted by Gasteiger charge is -2.38. The highest BCUT2D eigenvalue weighted by molar-refractivity contribution is 8.14. The molecular weight excluding hydrogens is 320 g/mol. The van der Waals surface area contributed by atoms with Crippen LogP contribution in [0.3, 0.4) is 0 Å². The Balaban J connectivity index is 2.12. The first-order valence-electron chi connectivity index (χ1n) is 7.08. The van der Waals surface area contributed by atoms with Crippen molar-refractivity contribution in [1.82, 2.24) is 4.90 Å². The molecule has 1 atom stereocenters. The van der Waals surface area contributed by atoms with E-state index >= 15 is 0 Å². The summed E-state index contributed by atoms with van der Waals surface area (Å²) in [5.41, 5.74) is 1.09. The third-order valence-electron chi connectivity index (χ3n) is 3.51. The van der Waals surface area contributed by atoms with Crippen LogP contribution in [0.4, 0.5) is 0 Å². The van der Waals surface area contributed by atoms with Crippen molar-refractivity contribution >= 4 is 40.1 Å². The second kappa shape index (κ2) is 6.26. The molecule has 1 aromatic rings. The van der Waals surface area contributed by atoms with Gasteiger partial charge in [-0.2, -0.15) is 0 Å². The predicted octanol–water partition coefficient (Wildman–Crippen LogP) is 2.96. The molecule has 0 N–H and O–H groups in total. The lowest BCUT2D eigenvalue weighted by molar-refractivity contribution is -0.139. The summed E-state index contributed by atoms with van der Waals surface area (Å²) in [6.45, 7) is 3.87.